The van der Waals surface area contributed by atoms with Crippen molar-refractivity contribution in [2.75, 3.05) is 37.6 Å². The van der Waals surface area contributed by atoms with Gasteiger partial charge in [0.15, 0.2) is 0 Å². The SMILES string of the molecule is CC(C)CN1CCCN(C(=O)Cc2ccccn2)Cc2cc(F)ccc2N(C(=O)c2cccnc2)CCC1. The number of rotatable bonds is 5. The molecule has 200 valence electrons. The number of benzene rings is 1. The molecule has 1 aromatic carbocycles. The zero-order valence-corrected chi connectivity index (χ0v) is 22.2. The van der Waals surface area contributed by atoms with Crippen molar-refractivity contribution in [3.8, 4) is 0 Å². The highest BCUT2D eigenvalue weighted by Crippen LogP contribution is 2.26. The number of carbonyl (C=O) groups is 2. The van der Waals surface area contributed by atoms with Crippen LogP contribution in [0.3, 0.4) is 0 Å². The molecule has 0 unspecified atom stereocenters. The van der Waals surface area contributed by atoms with Crippen molar-refractivity contribution in [3.05, 3.63) is 89.8 Å². The number of aromatic nitrogens is 2. The van der Waals surface area contributed by atoms with E-state index in [0.29, 0.717) is 41.5 Å². The second-order valence-electron chi connectivity index (χ2n) is 10.2. The van der Waals surface area contributed by atoms with E-state index in [9.17, 15) is 14.0 Å². The molecule has 0 fully saturated rings. The van der Waals surface area contributed by atoms with Crippen LogP contribution in [-0.4, -0.2) is 64.3 Å². The van der Waals surface area contributed by atoms with E-state index in [-0.39, 0.29) is 24.8 Å². The summed E-state index contributed by atoms with van der Waals surface area (Å²) >= 11 is 0. The molecule has 0 bridgehead atoms. The maximum absolute atomic E-state index is 14.5. The summed E-state index contributed by atoms with van der Waals surface area (Å²) in [5.41, 5.74) is 2.39. The van der Waals surface area contributed by atoms with E-state index in [4.69, 9.17) is 0 Å². The van der Waals surface area contributed by atoms with Crippen LogP contribution in [-0.2, 0) is 17.8 Å². The van der Waals surface area contributed by atoms with Gasteiger partial charge in [0.2, 0.25) is 5.91 Å². The quantitative estimate of drug-likeness (QED) is 0.495. The molecule has 3 heterocycles. The molecule has 3 aromatic rings. The van der Waals surface area contributed by atoms with Gasteiger partial charge in [0.25, 0.3) is 5.91 Å². The predicted octanol–water partition coefficient (Wildman–Crippen LogP) is 4.59. The van der Waals surface area contributed by atoms with Gasteiger partial charge in [-0.15, -0.1) is 0 Å². The summed E-state index contributed by atoms with van der Waals surface area (Å²) in [5.74, 6) is -0.159. The molecular formula is C30H36FN5O2. The third-order valence-electron chi connectivity index (χ3n) is 6.64. The van der Waals surface area contributed by atoms with Crippen LogP contribution in [0.15, 0.2) is 67.1 Å². The lowest BCUT2D eigenvalue weighted by Crippen LogP contribution is -2.40. The Labute approximate surface area is 224 Å². The number of halogens is 1. The Balaban J connectivity index is 1.69. The van der Waals surface area contributed by atoms with Gasteiger partial charge in [-0.2, -0.15) is 0 Å². The summed E-state index contributed by atoms with van der Waals surface area (Å²) < 4.78 is 14.5. The molecule has 0 N–H and O–H groups in total. The average Bonchev–Trinajstić information content (AvgIpc) is 2.90. The highest BCUT2D eigenvalue weighted by Gasteiger charge is 2.25. The molecule has 4 rings (SSSR count). The van der Waals surface area contributed by atoms with Gasteiger partial charge < -0.3 is 14.7 Å². The van der Waals surface area contributed by atoms with Gasteiger partial charge in [0.05, 0.1) is 12.0 Å². The Bertz CT molecular complexity index is 1210. The smallest absolute Gasteiger partial charge is 0.259 e. The van der Waals surface area contributed by atoms with Gasteiger partial charge in [-0.05, 0) is 79.9 Å². The standard InChI is InChI=1S/C30H36FN5O2/c1-23(2)21-34-14-6-16-35(29(37)19-27-9-3-4-13-33-27)22-25-18-26(31)10-11-28(25)36(17-7-15-34)30(38)24-8-5-12-32-20-24/h3-5,8-13,18,20,23H,6-7,14-17,19,21-22H2,1-2H3. The molecule has 0 aliphatic carbocycles. The van der Waals surface area contributed by atoms with Crippen LogP contribution in [0.2, 0.25) is 0 Å². The molecule has 2 aromatic heterocycles. The maximum atomic E-state index is 14.5. The van der Waals surface area contributed by atoms with Crippen molar-refractivity contribution in [1.82, 2.24) is 19.8 Å². The van der Waals surface area contributed by atoms with E-state index in [1.165, 1.54) is 12.1 Å². The number of hydrogen-bond acceptors (Lipinski definition) is 5. The average molecular weight is 518 g/mol. The van der Waals surface area contributed by atoms with Crippen LogP contribution in [0.5, 0.6) is 0 Å². The minimum absolute atomic E-state index is 0.0727. The van der Waals surface area contributed by atoms with Crippen molar-refractivity contribution in [2.45, 2.75) is 39.7 Å². The molecule has 7 nitrogen and oxygen atoms in total. The van der Waals surface area contributed by atoms with Gasteiger partial charge >= 0.3 is 0 Å². The first-order valence-corrected chi connectivity index (χ1v) is 13.3. The summed E-state index contributed by atoms with van der Waals surface area (Å²) in [7, 11) is 0. The summed E-state index contributed by atoms with van der Waals surface area (Å²) in [6.45, 7) is 8.23. The van der Waals surface area contributed by atoms with Crippen molar-refractivity contribution in [2.24, 2.45) is 5.92 Å². The molecule has 2 amide bonds. The van der Waals surface area contributed by atoms with Crippen molar-refractivity contribution >= 4 is 17.5 Å². The Morgan fingerprint density at radius 1 is 0.974 bits per heavy atom. The van der Waals surface area contributed by atoms with E-state index in [2.05, 4.69) is 28.7 Å². The molecule has 38 heavy (non-hydrogen) atoms. The minimum Gasteiger partial charge on any atom is -0.338 e. The first-order chi connectivity index (χ1) is 18.4. The number of fused-ring (bicyclic) bond motifs is 1. The lowest BCUT2D eigenvalue weighted by molar-refractivity contribution is -0.131. The number of nitrogens with zero attached hydrogens (tertiary/aromatic N) is 5. The molecule has 1 aliphatic heterocycles. The topological polar surface area (TPSA) is 69.6 Å². The monoisotopic (exact) mass is 517 g/mol. The van der Waals surface area contributed by atoms with Crippen LogP contribution in [0.1, 0.15) is 48.3 Å². The molecular weight excluding hydrogens is 481 g/mol. The third kappa shape index (κ3) is 7.44. The van der Waals surface area contributed by atoms with Crippen molar-refractivity contribution < 1.29 is 14.0 Å². The normalized spacial score (nSPS) is 15.5. The lowest BCUT2D eigenvalue weighted by Gasteiger charge is -2.32. The van der Waals surface area contributed by atoms with Crippen LogP contribution in [0.4, 0.5) is 10.1 Å². The highest BCUT2D eigenvalue weighted by molar-refractivity contribution is 6.06. The van der Waals surface area contributed by atoms with Gasteiger partial charge in [0, 0.05) is 56.2 Å². The van der Waals surface area contributed by atoms with E-state index in [1.807, 2.05) is 18.2 Å². The molecule has 0 saturated carbocycles. The van der Waals surface area contributed by atoms with Crippen LogP contribution in [0.25, 0.3) is 0 Å². The molecule has 0 saturated heterocycles. The lowest BCUT2D eigenvalue weighted by atomic mass is 10.1. The number of amides is 2. The first-order valence-electron chi connectivity index (χ1n) is 13.3. The molecule has 8 heteroatoms. The van der Waals surface area contributed by atoms with Crippen LogP contribution >= 0.6 is 0 Å². The van der Waals surface area contributed by atoms with E-state index in [1.54, 1.807) is 46.6 Å². The van der Waals surface area contributed by atoms with Gasteiger partial charge in [-0.25, -0.2) is 4.39 Å². The molecule has 0 radical (unpaired) electrons. The number of carbonyl (C=O) groups excluding carboxylic acids is 2. The summed E-state index contributed by atoms with van der Waals surface area (Å²) in [6.07, 6.45) is 6.61. The Morgan fingerprint density at radius 2 is 1.79 bits per heavy atom. The summed E-state index contributed by atoms with van der Waals surface area (Å²) in [4.78, 5) is 41.5. The largest absolute Gasteiger partial charge is 0.338 e. The Morgan fingerprint density at radius 3 is 2.50 bits per heavy atom. The summed E-state index contributed by atoms with van der Waals surface area (Å²) in [5, 5.41) is 0. The Hall–Kier alpha value is -3.65. The summed E-state index contributed by atoms with van der Waals surface area (Å²) in [6, 6.07) is 13.5. The zero-order chi connectivity index (χ0) is 26.9. The number of hydrogen-bond donors (Lipinski definition) is 0. The van der Waals surface area contributed by atoms with E-state index in [0.717, 1.165) is 32.5 Å². The molecule has 0 spiro atoms. The molecule has 0 atom stereocenters. The second kappa shape index (κ2) is 13.2. The van der Waals surface area contributed by atoms with Gasteiger partial charge in [-0.1, -0.05) is 19.9 Å². The van der Waals surface area contributed by atoms with Crippen LogP contribution in [0, 0.1) is 11.7 Å². The fourth-order valence-electron chi connectivity index (χ4n) is 4.94. The Kier molecular flexibility index (Phi) is 9.54. The highest BCUT2D eigenvalue weighted by atomic mass is 19.1. The predicted molar refractivity (Wildman–Crippen MR) is 146 cm³/mol. The maximum Gasteiger partial charge on any atom is 0.259 e. The van der Waals surface area contributed by atoms with Gasteiger partial charge in [0.1, 0.15) is 5.82 Å². The number of pyridine rings is 2. The minimum atomic E-state index is -0.398. The van der Waals surface area contributed by atoms with Crippen molar-refractivity contribution in [3.63, 3.8) is 0 Å². The number of anilines is 1. The fraction of sp³-hybridized carbons (Fsp3) is 0.400. The fourth-order valence-corrected chi connectivity index (χ4v) is 4.94. The molecule has 1 aliphatic rings. The van der Waals surface area contributed by atoms with E-state index < -0.39 is 5.82 Å². The third-order valence-corrected chi connectivity index (χ3v) is 6.64. The zero-order valence-electron chi connectivity index (χ0n) is 22.2. The van der Waals surface area contributed by atoms with Crippen LogP contribution < -0.4 is 4.90 Å². The first kappa shape index (κ1) is 27.4. The van der Waals surface area contributed by atoms with Crippen molar-refractivity contribution in [1.29, 1.82) is 0 Å². The van der Waals surface area contributed by atoms with E-state index >= 15 is 0 Å². The second-order valence-corrected chi connectivity index (χ2v) is 10.2. The van der Waals surface area contributed by atoms with Gasteiger partial charge in [-0.3, -0.25) is 19.6 Å².